The third-order valence-corrected chi connectivity index (χ3v) is 3.97. The molecule has 5 nitrogen and oxygen atoms in total. The molecule has 6 heteroatoms. The minimum absolute atomic E-state index is 0.00283. The van der Waals surface area contributed by atoms with Crippen LogP contribution < -0.4 is 10.6 Å². The fraction of sp³-hybridized carbons (Fsp3) is 0.412. The van der Waals surface area contributed by atoms with Crippen molar-refractivity contribution in [3.8, 4) is 0 Å². The number of H-pyrrole nitrogens is 1. The van der Waals surface area contributed by atoms with Gasteiger partial charge in [0.05, 0.1) is 6.20 Å². The number of aromatic nitrogens is 2. The average Bonchev–Trinajstić information content (AvgIpc) is 2.95. The molecule has 0 bridgehead atoms. The van der Waals surface area contributed by atoms with Gasteiger partial charge in [0.2, 0.25) is 5.91 Å². The Balaban J connectivity index is 1.74. The van der Waals surface area contributed by atoms with Gasteiger partial charge in [-0.15, -0.1) is 0 Å². The van der Waals surface area contributed by atoms with Crippen LogP contribution in [0.4, 0.5) is 5.69 Å². The van der Waals surface area contributed by atoms with Crippen molar-refractivity contribution in [2.45, 2.75) is 39.2 Å². The number of aromatic amines is 1. The van der Waals surface area contributed by atoms with E-state index in [-0.39, 0.29) is 11.3 Å². The van der Waals surface area contributed by atoms with E-state index in [4.69, 9.17) is 0 Å². The van der Waals surface area contributed by atoms with E-state index in [0.29, 0.717) is 19.5 Å². The Kier molecular flexibility index (Phi) is 5.96. The first-order chi connectivity index (χ1) is 10.9. The Morgan fingerprint density at radius 3 is 2.61 bits per heavy atom. The van der Waals surface area contributed by atoms with E-state index >= 15 is 0 Å². The molecule has 0 saturated carbocycles. The lowest BCUT2D eigenvalue weighted by Gasteiger charge is -2.18. The van der Waals surface area contributed by atoms with E-state index in [9.17, 15) is 4.79 Å². The third-order valence-electron chi connectivity index (χ3n) is 3.44. The van der Waals surface area contributed by atoms with E-state index in [1.807, 2.05) is 30.5 Å². The maximum atomic E-state index is 11.9. The van der Waals surface area contributed by atoms with Gasteiger partial charge in [0, 0.05) is 46.3 Å². The standard InChI is InChI=1S/C17H23BrN4O/c1-17(2,3)16-12(11-20-22-16)10-19-9-8-15(23)21-14-6-4-13(18)5-7-14/h4-7,11,19H,8-10H2,1-3H3,(H,20,22)(H,21,23). The Morgan fingerprint density at radius 1 is 1.26 bits per heavy atom. The molecule has 0 aliphatic heterocycles. The van der Waals surface area contributed by atoms with Crippen LogP contribution in [0.3, 0.4) is 0 Å². The molecule has 23 heavy (non-hydrogen) atoms. The van der Waals surface area contributed by atoms with Crippen LogP contribution in [-0.2, 0) is 16.8 Å². The summed E-state index contributed by atoms with van der Waals surface area (Å²) >= 11 is 3.37. The number of anilines is 1. The molecule has 0 atom stereocenters. The lowest BCUT2D eigenvalue weighted by Crippen LogP contribution is -2.23. The van der Waals surface area contributed by atoms with Gasteiger partial charge >= 0.3 is 0 Å². The summed E-state index contributed by atoms with van der Waals surface area (Å²) in [6, 6.07) is 7.55. The fourth-order valence-electron chi connectivity index (χ4n) is 2.28. The fourth-order valence-corrected chi connectivity index (χ4v) is 2.54. The highest BCUT2D eigenvalue weighted by Gasteiger charge is 2.19. The Bertz CT molecular complexity index is 643. The SMILES string of the molecule is CC(C)(C)c1[nH]ncc1CNCCC(=O)Nc1ccc(Br)cc1. The zero-order valence-corrected chi connectivity index (χ0v) is 15.3. The molecule has 0 radical (unpaired) electrons. The van der Waals surface area contributed by atoms with Crippen LogP contribution in [0, 0.1) is 0 Å². The Hall–Kier alpha value is -1.66. The van der Waals surface area contributed by atoms with Crippen LogP contribution in [0.5, 0.6) is 0 Å². The monoisotopic (exact) mass is 378 g/mol. The minimum atomic E-state index is 0.00283. The highest BCUT2D eigenvalue weighted by molar-refractivity contribution is 9.10. The van der Waals surface area contributed by atoms with Crippen molar-refractivity contribution in [1.82, 2.24) is 15.5 Å². The predicted molar refractivity (Wildman–Crippen MR) is 96.4 cm³/mol. The number of nitrogens with one attached hydrogen (secondary N) is 3. The van der Waals surface area contributed by atoms with Gasteiger partial charge < -0.3 is 10.6 Å². The summed E-state index contributed by atoms with van der Waals surface area (Å²) in [5, 5.41) is 13.4. The molecular weight excluding hydrogens is 356 g/mol. The van der Waals surface area contributed by atoms with Gasteiger partial charge in [-0.05, 0) is 24.3 Å². The molecule has 0 fully saturated rings. The summed E-state index contributed by atoms with van der Waals surface area (Å²) in [5.41, 5.74) is 3.12. The van der Waals surface area contributed by atoms with Gasteiger partial charge in [0.25, 0.3) is 0 Å². The van der Waals surface area contributed by atoms with Crippen molar-refractivity contribution < 1.29 is 4.79 Å². The second kappa shape index (κ2) is 7.75. The zero-order valence-electron chi connectivity index (χ0n) is 13.7. The van der Waals surface area contributed by atoms with Crippen molar-refractivity contribution in [2.75, 3.05) is 11.9 Å². The van der Waals surface area contributed by atoms with Crippen molar-refractivity contribution in [1.29, 1.82) is 0 Å². The van der Waals surface area contributed by atoms with Gasteiger partial charge in [-0.2, -0.15) is 5.10 Å². The van der Waals surface area contributed by atoms with E-state index < -0.39 is 0 Å². The van der Waals surface area contributed by atoms with Gasteiger partial charge in [-0.3, -0.25) is 9.89 Å². The van der Waals surface area contributed by atoms with Crippen molar-refractivity contribution >= 4 is 27.5 Å². The topological polar surface area (TPSA) is 69.8 Å². The van der Waals surface area contributed by atoms with Crippen LogP contribution in [0.15, 0.2) is 34.9 Å². The van der Waals surface area contributed by atoms with Crippen LogP contribution in [0.25, 0.3) is 0 Å². The first-order valence-corrected chi connectivity index (χ1v) is 8.44. The van der Waals surface area contributed by atoms with Crippen molar-refractivity contribution in [3.63, 3.8) is 0 Å². The highest BCUT2D eigenvalue weighted by atomic mass is 79.9. The van der Waals surface area contributed by atoms with Crippen LogP contribution in [0.1, 0.15) is 38.4 Å². The van der Waals surface area contributed by atoms with Crippen LogP contribution in [-0.4, -0.2) is 22.6 Å². The molecule has 2 rings (SSSR count). The van der Waals surface area contributed by atoms with Crippen molar-refractivity contribution in [3.05, 3.63) is 46.2 Å². The number of rotatable bonds is 6. The maximum absolute atomic E-state index is 11.9. The summed E-state index contributed by atoms with van der Waals surface area (Å²) in [4.78, 5) is 11.9. The second-order valence-electron chi connectivity index (χ2n) is 6.50. The molecule has 0 unspecified atom stereocenters. The van der Waals surface area contributed by atoms with Crippen molar-refractivity contribution in [2.24, 2.45) is 0 Å². The average molecular weight is 379 g/mol. The second-order valence-corrected chi connectivity index (χ2v) is 7.42. The molecule has 124 valence electrons. The molecular formula is C17H23BrN4O. The van der Waals surface area contributed by atoms with Gasteiger partial charge in [-0.1, -0.05) is 36.7 Å². The van der Waals surface area contributed by atoms with E-state index in [1.165, 1.54) is 0 Å². The third kappa shape index (κ3) is 5.48. The number of hydrogen-bond donors (Lipinski definition) is 3. The van der Waals surface area contributed by atoms with Crippen LogP contribution in [0.2, 0.25) is 0 Å². The summed E-state index contributed by atoms with van der Waals surface area (Å²) in [6.07, 6.45) is 2.27. The van der Waals surface area contributed by atoms with E-state index in [0.717, 1.165) is 21.4 Å². The molecule has 3 N–H and O–H groups in total. The summed E-state index contributed by atoms with van der Waals surface area (Å²) < 4.78 is 0.993. The highest BCUT2D eigenvalue weighted by Crippen LogP contribution is 2.23. The molecule has 1 amide bonds. The van der Waals surface area contributed by atoms with E-state index in [1.54, 1.807) is 0 Å². The number of carbonyl (C=O) groups is 1. The number of benzene rings is 1. The maximum Gasteiger partial charge on any atom is 0.225 e. The molecule has 0 saturated heterocycles. The minimum Gasteiger partial charge on any atom is -0.326 e. The smallest absolute Gasteiger partial charge is 0.225 e. The largest absolute Gasteiger partial charge is 0.326 e. The first kappa shape index (κ1) is 17.7. The quantitative estimate of drug-likeness (QED) is 0.672. The van der Waals surface area contributed by atoms with Gasteiger partial charge in [0.1, 0.15) is 0 Å². The summed E-state index contributed by atoms with van der Waals surface area (Å²) in [5.74, 6) is 0.00283. The molecule has 0 spiro atoms. The van der Waals surface area contributed by atoms with Gasteiger partial charge in [0.15, 0.2) is 0 Å². The molecule has 0 aliphatic rings. The van der Waals surface area contributed by atoms with E-state index in [2.05, 4.69) is 57.5 Å². The molecule has 0 aliphatic carbocycles. The molecule has 1 aromatic carbocycles. The van der Waals surface area contributed by atoms with Crippen LogP contribution >= 0.6 is 15.9 Å². The predicted octanol–water partition coefficient (Wildman–Crippen LogP) is 3.59. The lowest BCUT2D eigenvalue weighted by atomic mass is 9.89. The zero-order chi connectivity index (χ0) is 16.9. The number of hydrogen-bond acceptors (Lipinski definition) is 3. The summed E-state index contributed by atoms with van der Waals surface area (Å²) in [6.45, 7) is 7.77. The Labute approximate surface area is 145 Å². The number of halogens is 1. The Morgan fingerprint density at radius 2 is 1.96 bits per heavy atom. The molecule has 1 aromatic heterocycles. The normalized spacial score (nSPS) is 11.5. The van der Waals surface area contributed by atoms with Gasteiger partial charge in [-0.25, -0.2) is 0 Å². The molecule has 2 aromatic rings. The lowest BCUT2D eigenvalue weighted by molar-refractivity contribution is -0.116. The molecule has 1 heterocycles. The number of carbonyl (C=O) groups excluding carboxylic acids is 1. The summed E-state index contributed by atoms with van der Waals surface area (Å²) in [7, 11) is 0. The number of nitrogens with zero attached hydrogens (tertiary/aromatic N) is 1. The number of amides is 1. The first-order valence-electron chi connectivity index (χ1n) is 7.65.